The van der Waals surface area contributed by atoms with Crippen molar-refractivity contribution in [2.45, 2.75) is 19.4 Å². The van der Waals surface area contributed by atoms with Gasteiger partial charge in [-0.2, -0.15) is 0 Å². The predicted octanol–water partition coefficient (Wildman–Crippen LogP) is 2.90. The van der Waals surface area contributed by atoms with Crippen LogP contribution in [0.15, 0.2) is 28.7 Å². The maximum absolute atomic E-state index is 12.2. The van der Waals surface area contributed by atoms with E-state index in [1.54, 1.807) is 0 Å². The summed E-state index contributed by atoms with van der Waals surface area (Å²) in [7, 11) is 4.27. The highest BCUT2D eigenvalue weighted by atomic mass is 79.9. The number of likely N-dealkylation sites (tertiary alicyclic amines) is 1. The minimum Gasteiger partial charge on any atom is -0.305 e. The number of rotatable bonds is 5. The summed E-state index contributed by atoms with van der Waals surface area (Å²) < 4.78 is 1.01. The van der Waals surface area contributed by atoms with Gasteiger partial charge in [0.2, 0.25) is 0 Å². The molecule has 1 aromatic carbocycles. The van der Waals surface area contributed by atoms with E-state index in [2.05, 4.69) is 46.7 Å². The van der Waals surface area contributed by atoms with Gasteiger partial charge in [-0.1, -0.05) is 35.0 Å². The molecule has 20 heavy (non-hydrogen) atoms. The third-order valence-electron chi connectivity index (χ3n) is 4.13. The van der Waals surface area contributed by atoms with Gasteiger partial charge >= 0.3 is 0 Å². The molecule has 0 aromatic heterocycles. The van der Waals surface area contributed by atoms with E-state index in [1.807, 2.05) is 24.3 Å². The zero-order chi connectivity index (χ0) is 14.7. The van der Waals surface area contributed by atoms with Crippen LogP contribution < -0.4 is 0 Å². The second-order valence-electron chi connectivity index (χ2n) is 5.95. The van der Waals surface area contributed by atoms with Gasteiger partial charge in [-0.05, 0) is 32.1 Å². The molecule has 1 aliphatic rings. The van der Waals surface area contributed by atoms with Gasteiger partial charge in [-0.15, -0.1) is 0 Å². The highest BCUT2D eigenvalue weighted by molar-refractivity contribution is 9.10. The topological polar surface area (TPSA) is 23.6 Å². The summed E-state index contributed by atoms with van der Waals surface area (Å²) in [4.78, 5) is 16.9. The Balaban J connectivity index is 1.84. The molecule has 0 radical (unpaired) electrons. The van der Waals surface area contributed by atoms with Crippen LogP contribution in [0.2, 0.25) is 0 Å². The van der Waals surface area contributed by atoms with Crippen LogP contribution in [-0.2, 0) is 0 Å². The van der Waals surface area contributed by atoms with Crippen LogP contribution in [0.4, 0.5) is 0 Å². The van der Waals surface area contributed by atoms with Gasteiger partial charge < -0.3 is 9.80 Å². The predicted molar refractivity (Wildman–Crippen MR) is 86.2 cm³/mol. The van der Waals surface area contributed by atoms with Crippen molar-refractivity contribution in [3.63, 3.8) is 0 Å². The number of Topliss-reactive ketones (excluding diaryl/α,β-unsaturated/α-hetero) is 1. The first-order valence-electron chi connectivity index (χ1n) is 7.15. The van der Waals surface area contributed by atoms with Gasteiger partial charge in [0.15, 0.2) is 5.78 Å². The van der Waals surface area contributed by atoms with Crippen LogP contribution in [-0.4, -0.2) is 55.4 Å². The molecule has 0 bridgehead atoms. The maximum atomic E-state index is 12.2. The molecular weight excluding hydrogens is 316 g/mol. The number of hydrogen-bond acceptors (Lipinski definition) is 3. The van der Waals surface area contributed by atoms with Crippen molar-refractivity contribution >= 4 is 21.7 Å². The molecule has 4 heteroatoms. The molecule has 1 saturated heterocycles. The standard InChI is InChI=1S/C16H23BrN2O/c1-12-10-19(11-15(12)18(2)3)9-8-16(20)13-4-6-14(17)7-5-13/h4-7,12,15H,8-11H2,1-3H3. The Morgan fingerprint density at radius 3 is 2.50 bits per heavy atom. The number of benzene rings is 1. The first kappa shape index (κ1) is 15.7. The molecule has 1 aliphatic heterocycles. The number of ketones is 1. The highest BCUT2D eigenvalue weighted by Crippen LogP contribution is 2.20. The van der Waals surface area contributed by atoms with Gasteiger partial charge in [0.1, 0.15) is 0 Å². The first-order chi connectivity index (χ1) is 9.47. The molecule has 1 fully saturated rings. The zero-order valence-electron chi connectivity index (χ0n) is 12.5. The van der Waals surface area contributed by atoms with E-state index in [-0.39, 0.29) is 5.78 Å². The van der Waals surface area contributed by atoms with E-state index in [4.69, 9.17) is 0 Å². The third-order valence-corrected chi connectivity index (χ3v) is 4.66. The summed E-state index contributed by atoms with van der Waals surface area (Å²) in [5.41, 5.74) is 0.810. The minimum atomic E-state index is 0.235. The Hall–Kier alpha value is -0.710. The van der Waals surface area contributed by atoms with Crippen molar-refractivity contribution in [3.8, 4) is 0 Å². The second kappa shape index (κ2) is 6.83. The molecule has 0 aliphatic carbocycles. The summed E-state index contributed by atoms with van der Waals surface area (Å²) >= 11 is 3.39. The molecular formula is C16H23BrN2O. The Morgan fingerprint density at radius 2 is 1.95 bits per heavy atom. The number of likely N-dealkylation sites (N-methyl/N-ethyl adjacent to an activating group) is 1. The molecule has 0 N–H and O–H groups in total. The quantitative estimate of drug-likeness (QED) is 0.771. The number of hydrogen-bond donors (Lipinski definition) is 0. The lowest BCUT2D eigenvalue weighted by atomic mass is 10.1. The summed E-state index contributed by atoms with van der Waals surface area (Å²) in [6.45, 7) is 5.32. The lowest BCUT2D eigenvalue weighted by Crippen LogP contribution is -2.34. The molecule has 0 saturated carbocycles. The number of nitrogens with zero attached hydrogens (tertiary/aromatic N) is 2. The molecule has 110 valence electrons. The summed E-state index contributed by atoms with van der Waals surface area (Å²) in [6.07, 6.45) is 0.606. The fourth-order valence-electron chi connectivity index (χ4n) is 2.94. The lowest BCUT2D eigenvalue weighted by Gasteiger charge is -2.22. The van der Waals surface area contributed by atoms with Crippen LogP contribution >= 0.6 is 15.9 Å². The first-order valence-corrected chi connectivity index (χ1v) is 7.94. The largest absolute Gasteiger partial charge is 0.305 e. The third kappa shape index (κ3) is 3.90. The van der Waals surface area contributed by atoms with Gasteiger partial charge in [-0.25, -0.2) is 0 Å². The Bertz CT molecular complexity index is 458. The van der Waals surface area contributed by atoms with Gasteiger partial charge in [0, 0.05) is 42.1 Å². The van der Waals surface area contributed by atoms with E-state index >= 15 is 0 Å². The summed E-state index contributed by atoms with van der Waals surface area (Å²) in [5.74, 6) is 0.909. The number of halogens is 1. The Labute approximate surface area is 130 Å². The molecule has 1 heterocycles. The summed E-state index contributed by atoms with van der Waals surface area (Å²) in [6, 6.07) is 8.24. The average molecular weight is 339 g/mol. The number of carbonyl (C=O) groups excluding carboxylic acids is 1. The maximum Gasteiger partial charge on any atom is 0.164 e. The van der Waals surface area contributed by atoms with E-state index in [1.165, 1.54) is 0 Å². The van der Waals surface area contributed by atoms with Gasteiger partial charge in [0.25, 0.3) is 0 Å². The van der Waals surface area contributed by atoms with Crippen LogP contribution in [0, 0.1) is 5.92 Å². The van der Waals surface area contributed by atoms with E-state index in [9.17, 15) is 4.79 Å². The Morgan fingerprint density at radius 1 is 1.30 bits per heavy atom. The number of carbonyl (C=O) groups is 1. The highest BCUT2D eigenvalue weighted by Gasteiger charge is 2.30. The molecule has 0 spiro atoms. The second-order valence-corrected chi connectivity index (χ2v) is 6.86. The fraction of sp³-hybridized carbons (Fsp3) is 0.562. The van der Waals surface area contributed by atoms with E-state index < -0.39 is 0 Å². The molecule has 0 amide bonds. The lowest BCUT2D eigenvalue weighted by molar-refractivity contribution is 0.0967. The van der Waals surface area contributed by atoms with E-state index in [0.29, 0.717) is 18.4 Å². The zero-order valence-corrected chi connectivity index (χ0v) is 14.1. The van der Waals surface area contributed by atoms with Crippen molar-refractivity contribution in [1.82, 2.24) is 9.80 Å². The van der Waals surface area contributed by atoms with Crippen molar-refractivity contribution < 1.29 is 4.79 Å². The normalized spacial score (nSPS) is 23.4. The van der Waals surface area contributed by atoms with Crippen LogP contribution in [0.5, 0.6) is 0 Å². The minimum absolute atomic E-state index is 0.235. The fourth-order valence-corrected chi connectivity index (χ4v) is 3.21. The smallest absolute Gasteiger partial charge is 0.164 e. The van der Waals surface area contributed by atoms with Gasteiger partial charge in [0.05, 0.1) is 0 Å². The van der Waals surface area contributed by atoms with E-state index in [0.717, 1.165) is 29.7 Å². The molecule has 3 nitrogen and oxygen atoms in total. The average Bonchev–Trinajstić information content (AvgIpc) is 2.78. The van der Waals surface area contributed by atoms with Crippen molar-refractivity contribution in [2.24, 2.45) is 5.92 Å². The van der Waals surface area contributed by atoms with Crippen LogP contribution in [0.1, 0.15) is 23.7 Å². The molecule has 2 atom stereocenters. The summed E-state index contributed by atoms with van der Waals surface area (Å²) in [5, 5.41) is 0. The molecule has 1 aromatic rings. The molecule has 2 unspecified atom stereocenters. The monoisotopic (exact) mass is 338 g/mol. The van der Waals surface area contributed by atoms with Crippen LogP contribution in [0.25, 0.3) is 0 Å². The van der Waals surface area contributed by atoms with Crippen molar-refractivity contribution in [3.05, 3.63) is 34.3 Å². The molecule has 2 rings (SSSR count). The van der Waals surface area contributed by atoms with Crippen molar-refractivity contribution in [2.75, 3.05) is 33.7 Å². The van der Waals surface area contributed by atoms with Gasteiger partial charge in [-0.3, -0.25) is 4.79 Å². The van der Waals surface area contributed by atoms with Crippen molar-refractivity contribution in [1.29, 1.82) is 0 Å². The van der Waals surface area contributed by atoms with Crippen LogP contribution in [0.3, 0.4) is 0 Å². The SMILES string of the molecule is CC1CN(CCC(=O)c2ccc(Br)cc2)CC1N(C)C. The Kier molecular flexibility index (Phi) is 5.35.